The maximum atomic E-state index is 11.7. The number of piperidine rings is 1. The highest BCUT2D eigenvalue weighted by atomic mass is 16.1. The fourth-order valence-corrected chi connectivity index (χ4v) is 3.88. The molecule has 0 bridgehead atoms. The third kappa shape index (κ3) is 3.30. The number of nitrogens with one attached hydrogen (secondary N) is 2. The van der Waals surface area contributed by atoms with Gasteiger partial charge in [-0.1, -0.05) is 24.3 Å². The molecule has 3 aromatic rings. The Morgan fingerprint density at radius 2 is 2.08 bits per heavy atom. The van der Waals surface area contributed by atoms with Gasteiger partial charge in [0.2, 0.25) is 0 Å². The van der Waals surface area contributed by atoms with E-state index >= 15 is 0 Å². The molecule has 2 aromatic carbocycles. The average Bonchev–Trinajstić information content (AvgIpc) is 3.16. The molecule has 1 aromatic heterocycles. The van der Waals surface area contributed by atoms with Gasteiger partial charge in [-0.15, -0.1) is 0 Å². The average molecular weight is 348 g/mol. The van der Waals surface area contributed by atoms with Crippen molar-refractivity contribution >= 4 is 22.5 Å². The van der Waals surface area contributed by atoms with Gasteiger partial charge in [0, 0.05) is 48.5 Å². The molecule has 2 heterocycles. The number of hydrogen-bond acceptors (Lipinski definition) is 3. The molecule has 0 saturated carbocycles. The van der Waals surface area contributed by atoms with Crippen LogP contribution in [0.15, 0.2) is 54.7 Å². The van der Waals surface area contributed by atoms with Crippen molar-refractivity contribution < 1.29 is 4.79 Å². The second kappa shape index (κ2) is 7.22. The Morgan fingerprint density at radius 3 is 2.96 bits per heavy atom. The molecule has 1 aliphatic heterocycles. The van der Waals surface area contributed by atoms with Crippen molar-refractivity contribution in [2.45, 2.75) is 25.4 Å². The lowest BCUT2D eigenvalue weighted by molar-refractivity contribution is 0.100. The molecule has 1 atom stereocenters. The Bertz CT molecular complexity index is 917. The van der Waals surface area contributed by atoms with Crippen LogP contribution >= 0.6 is 0 Å². The number of aromatic amines is 1. The van der Waals surface area contributed by atoms with E-state index in [0.29, 0.717) is 11.6 Å². The molecule has 1 aliphatic rings. The number of amides is 1. The minimum absolute atomic E-state index is 0.366. The summed E-state index contributed by atoms with van der Waals surface area (Å²) in [7, 11) is 0. The predicted molar refractivity (Wildman–Crippen MR) is 105 cm³/mol. The van der Waals surface area contributed by atoms with Gasteiger partial charge in [0.15, 0.2) is 0 Å². The van der Waals surface area contributed by atoms with Crippen LogP contribution in [0.1, 0.15) is 28.8 Å². The number of carbonyl (C=O) groups excluding carboxylic acids is 1. The second-order valence-electron chi connectivity index (χ2n) is 6.90. The van der Waals surface area contributed by atoms with Gasteiger partial charge >= 0.3 is 0 Å². The van der Waals surface area contributed by atoms with E-state index in [-0.39, 0.29) is 5.91 Å². The molecule has 0 spiro atoms. The highest BCUT2D eigenvalue weighted by Crippen LogP contribution is 2.24. The number of hydrogen-bond donors (Lipinski definition) is 3. The minimum Gasteiger partial charge on any atom is -0.369 e. The summed E-state index contributed by atoms with van der Waals surface area (Å²) in [5.74, 6) is -0.366. The topological polar surface area (TPSA) is 74.2 Å². The lowest BCUT2D eigenvalue weighted by atomic mass is 10.0. The second-order valence-corrected chi connectivity index (χ2v) is 6.90. The molecule has 5 nitrogen and oxygen atoms in total. The van der Waals surface area contributed by atoms with Crippen molar-refractivity contribution in [3.8, 4) is 0 Å². The summed E-state index contributed by atoms with van der Waals surface area (Å²) in [6.07, 6.45) is 4.22. The highest BCUT2D eigenvalue weighted by molar-refractivity contribution is 5.98. The van der Waals surface area contributed by atoms with Crippen LogP contribution in [0.2, 0.25) is 0 Å². The minimum atomic E-state index is -0.366. The predicted octanol–water partition coefficient (Wildman–Crippen LogP) is 3.03. The Morgan fingerprint density at radius 1 is 1.19 bits per heavy atom. The lowest BCUT2D eigenvalue weighted by Gasteiger charge is -2.35. The molecule has 0 aliphatic carbocycles. The number of anilines is 1. The van der Waals surface area contributed by atoms with Gasteiger partial charge in [-0.2, -0.15) is 0 Å². The van der Waals surface area contributed by atoms with Crippen molar-refractivity contribution in [1.29, 1.82) is 0 Å². The maximum absolute atomic E-state index is 11.7. The SMILES string of the molecule is NC(=O)c1ccccc1N1CCC[C@H](NCc2cccc3[nH]ccc23)C1. The van der Waals surface area contributed by atoms with Gasteiger partial charge in [-0.25, -0.2) is 0 Å². The van der Waals surface area contributed by atoms with Crippen molar-refractivity contribution in [2.24, 2.45) is 5.73 Å². The third-order valence-corrected chi connectivity index (χ3v) is 5.20. The van der Waals surface area contributed by atoms with E-state index in [1.807, 2.05) is 24.4 Å². The van der Waals surface area contributed by atoms with Crippen LogP contribution in [-0.4, -0.2) is 30.0 Å². The molecular formula is C21H24N4O. The molecule has 0 radical (unpaired) electrons. The number of H-pyrrole nitrogens is 1. The quantitative estimate of drug-likeness (QED) is 0.663. The number of benzene rings is 2. The van der Waals surface area contributed by atoms with Crippen molar-refractivity contribution in [3.05, 3.63) is 65.9 Å². The molecule has 134 valence electrons. The zero-order chi connectivity index (χ0) is 17.9. The zero-order valence-electron chi connectivity index (χ0n) is 14.7. The summed E-state index contributed by atoms with van der Waals surface area (Å²) in [6.45, 7) is 2.68. The number of rotatable bonds is 5. The van der Waals surface area contributed by atoms with E-state index in [9.17, 15) is 4.79 Å². The monoisotopic (exact) mass is 348 g/mol. The summed E-state index contributed by atoms with van der Waals surface area (Å²) in [6, 6.07) is 16.5. The van der Waals surface area contributed by atoms with Gasteiger partial charge in [0.05, 0.1) is 5.56 Å². The summed E-state index contributed by atoms with van der Waals surface area (Å²) < 4.78 is 0. The lowest BCUT2D eigenvalue weighted by Crippen LogP contribution is -2.46. The first-order chi connectivity index (χ1) is 12.7. The molecule has 1 saturated heterocycles. The Labute approximate surface area is 153 Å². The number of primary amides is 1. The van der Waals surface area contributed by atoms with E-state index < -0.39 is 0 Å². The first-order valence-electron chi connectivity index (χ1n) is 9.14. The van der Waals surface area contributed by atoms with E-state index in [1.165, 1.54) is 16.5 Å². The van der Waals surface area contributed by atoms with Crippen LogP contribution in [0.25, 0.3) is 10.9 Å². The van der Waals surface area contributed by atoms with Gasteiger partial charge in [-0.3, -0.25) is 4.79 Å². The van der Waals surface area contributed by atoms with E-state index in [1.54, 1.807) is 6.07 Å². The maximum Gasteiger partial charge on any atom is 0.250 e. The normalized spacial score (nSPS) is 17.5. The molecule has 5 heteroatoms. The van der Waals surface area contributed by atoms with Crippen molar-refractivity contribution in [3.63, 3.8) is 0 Å². The fourth-order valence-electron chi connectivity index (χ4n) is 3.88. The first-order valence-corrected chi connectivity index (χ1v) is 9.14. The number of nitrogens with zero attached hydrogens (tertiary/aromatic N) is 1. The van der Waals surface area contributed by atoms with Gasteiger partial charge in [0.25, 0.3) is 5.91 Å². The number of carbonyl (C=O) groups is 1. The summed E-state index contributed by atoms with van der Waals surface area (Å²) >= 11 is 0. The van der Waals surface area contributed by atoms with E-state index in [0.717, 1.165) is 38.2 Å². The Hall–Kier alpha value is -2.79. The first kappa shape index (κ1) is 16.7. The van der Waals surface area contributed by atoms with Crippen LogP contribution in [0.3, 0.4) is 0 Å². The van der Waals surface area contributed by atoms with Crippen LogP contribution in [0, 0.1) is 0 Å². The fraction of sp³-hybridized carbons (Fsp3) is 0.286. The number of aromatic nitrogens is 1. The molecule has 1 fully saturated rings. The molecular weight excluding hydrogens is 324 g/mol. The Kier molecular flexibility index (Phi) is 4.63. The van der Waals surface area contributed by atoms with Crippen molar-refractivity contribution in [1.82, 2.24) is 10.3 Å². The zero-order valence-corrected chi connectivity index (χ0v) is 14.7. The molecule has 4 N–H and O–H groups in total. The molecule has 26 heavy (non-hydrogen) atoms. The van der Waals surface area contributed by atoms with E-state index in [4.69, 9.17) is 5.73 Å². The van der Waals surface area contributed by atoms with Crippen LogP contribution in [0.4, 0.5) is 5.69 Å². The summed E-state index contributed by atoms with van der Waals surface area (Å²) in [5.41, 5.74) is 9.57. The van der Waals surface area contributed by atoms with Gasteiger partial charge < -0.3 is 20.9 Å². The molecule has 0 unspecified atom stereocenters. The van der Waals surface area contributed by atoms with Gasteiger partial charge in [0.1, 0.15) is 0 Å². The summed E-state index contributed by atoms with van der Waals surface area (Å²) in [5, 5.41) is 4.97. The molecule has 4 rings (SSSR count). The summed E-state index contributed by atoms with van der Waals surface area (Å²) in [4.78, 5) is 17.3. The largest absolute Gasteiger partial charge is 0.369 e. The van der Waals surface area contributed by atoms with Crippen LogP contribution < -0.4 is 16.0 Å². The van der Waals surface area contributed by atoms with E-state index in [2.05, 4.69) is 39.5 Å². The van der Waals surface area contributed by atoms with Gasteiger partial charge in [-0.05, 0) is 42.7 Å². The number of para-hydroxylation sites is 1. The Balaban J connectivity index is 1.46. The van der Waals surface area contributed by atoms with Crippen LogP contribution in [0.5, 0.6) is 0 Å². The third-order valence-electron chi connectivity index (χ3n) is 5.20. The number of fused-ring (bicyclic) bond motifs is 1. The smallest absolute Gasteiger partial charge is 0.250 e. The molecule has 1 amide bonds. The van der Waals surface area contributed by atoms with Crippen LogP contribution in [-0.2, 0) is 6.54 Å². The van der Waals surface area contributed by atoms with Crippen molar-refractivity contribution in [2.75, 3.05) is 18.0 Å². The standard InChI is InChI=1S/C21H24N4O/c22-21(26)18-7-1-2-9-20(18)25-12-4-6-16(14-25)24-13-15-5-3-8-19-17(15)10-11-23-19/h1-3,5,7-11,16,23-24H,4,6,12-14H2,(H2,22,26)/t16-/m0/s1. The highest BCUT2D eigenvalue weighted by Gasteiger charge is 2.22. The number of nitrogens with two attached hydrogens (primary N) is 1.